The maximum absolute atomic E-state index is 5.66. The molecule has 0 amide bonds. The van der Waals surface area contributed by atoms with Crippen LogP contribution in [0.5, 0.6) is 0 Å². The smallest absolute Gasteiger partial charge is 0.226 e. The zero-order valence-electron chi connectivity index (χ0n) is 8.04. The summed E-state index contributed by atoms with van der Waals surface area (Å²) in [5.41, 5.74) is 4.23. The van der Waals surface area contributed by atoms with Crippen LogP contribution in [0.1, 0.15) is 11.1 Å². The Hall–Kier alpha value is -1.28. The summed E-state index contributed by atoms with van der Waals surface area (Å²) in [7, 11) is 0. The Kier molecular flexibility index (Phi) is 2.30. The van der Waals surface area contributed by atoms with Crippen molar-refractivity contribution in [2.45, 2.75) is 13.8 Å². The van der Waals surface area contributed by atoms with E-state index in [-0.39, 0.29) is 0 Å². The molecule has 1 aromatic carbocycles. The second kappa shape index (κ2) is 3.46. The SMILES string of the molecule is Cc1cc(C)cc(-c2cc(Cl)on2)c1. The normalized spacial score (nSPS) is 10.5. The molecule has 0 saturated carbocycles. The second-order valence-corrected chi connectivity index (χ2v) is 3.77. The highest BCUT2D eigenvalue weighted by molar-refractivity contribution is 6.29. The lowest BCUT2D eigenvalue weighted by molar-refractivity contribution is 0.424. The molecule has 1 aromatic heterocycles. The standard InChI is InChI=1S/C11H10ClNO/c1-7-3-8(2)5-9(4-7)10-6-11(12)14-13-10/h3-6H,1-2H3. The summed E-state index contributed by atoms with van der Waals surface area (Å²) in [6.07, 6.45) is 0. The average molecular weight is 208 g/mol. The van der Waals surface area contributed by atoms with E-state index < -0.39 is 0 Å². The van der Waals surface area contributed by atoms with Crippen LogP contribution in [0.4, 0.5) is 0 Å². The van der Waals surface area contributed by atoms with Crippen molar-refractivity contribution in [1.82, 2.24) is 5.16 Å². The molecule has 0 aliphatic heterocycles. The topological polar surface area (TPSA) is 26.0 Å². The summed E-state index contributed by atoms with van der Waals surface area (Å²) in [6.45, 7) is 4.11. The van der Waals surface area contributed by atoms with E-state index in [1.807, 2.05) is 0 Å². The second-order valence-electron chi connectivity index (χ2n) is 3.39. The number of benzene rings is 1. The van der Waals surface area contributed by atoms with Gasteiger partial charge in [-0.05, 0) is 37.6 Å². The fourth-order valence-electron chi connectivity index (χ4n) is 1.51. The van der Waals surface area contributed by atoms with E-state index in [1.165, 1.54) is 11.1 Å². The molecule has 2 nitrogen and oxygen atoms in total. The molecule has 1 heterocycles. The molecule has 0 unspecified atom stereocenters. The number of hydrogen-bond donors (Lipinski definition) is 0. The number of nitrogens with zero attached hydrogens (tertiary/aromatic N) is 1. The Balaban J connectivity index is 2.51. The Morgan fingerprint density at radius 3 is 2.21 bits per heavy atom. The first-order valence-corrected chi connectivity index (χ1v) is 4.74. The summed E-state index contributed by atoms with van der Waals surface area (Å²) >= 11 is 5.66. The molecule has 0 spiro atoms. The van der Waals surface area contributed by atoms with Gasteiger partial charge in [0.2, 0.25) is 5.22 Å². The highest BCUT2D eigenvalue weighted by Crippen LogP contribution is 2.23. The van der Waals surface area contributed by atoms with Gasteiger partial charge in [0.25, 0.3) is 0 Å². The summed E-state index contributed by atoms with van der Waals surface area (Å²) in [5.74, 6) is 0. The first-order valence-electron chi connectivity index (χ1n) is 4.36. The zero-order chi connectivity index (χ0) is 10.1. The van der Waals surface area contributed by atoms with E-state index in [2.05, 4.69) is 37.2 Å². The van der Waals surface area contributed by atoms with Crippen LogP contribution in [0.15, 0.2) is 28.8 Å². The van der Waals surface area contributed by atoms with Gasteiger partial charge in [-0.25, -0.2) is 0 Å². The van der Waals surface area contributed by atoms with Crippen LogP contribution in [-0.4, -0.2) is 5.16 Å². The van der Waals surface area contributed by atoms with Crippen molar-refractivity contribution in [3.63, 3.8) is 0 Å². The number of aryl methyl sites for hydroxylation is 2. The summed E-state index contributed by atoms with van der Waals surface area (Å²) in [6, 6.07) is 7.95. The van der Waals surface area contributed by atoms with E-state index >= 15 is 0 Å². The van der Waals surface area contributed by atoms with Crippen LogP contribution in [-0.2, 0) is 0 Å². The van der Waals surface area contributed by atoms with Crippen molar-refractivity contribution in [3.05, 3.63) is 40.6 Å². The molecule has 0 saturated heterocycles. The van der Waals surface area contributed by atoms with Gasteiger partial charge in [-0.3, -0.25) is 0 Å². The van der Waals surface area contributed by atoms with Gasteiger partial charge >= 0.3 is 0 Å². The largest absolute Gasteiger partial charge is 0.344 e. The highest BCUT2D eigenvalue weighted by atomic mass is 35.5. The van der Waals surface area contributed by atoms with Gasteiger partial charge in [0.05, 0.1) is 0 Å². The van der Waals surface area contributed by atoms with Gasteiger partial charge in [0.15, 0.2) is 0 Å². The third kappa shape index (κ3) is 1.80. The lowest BCUT2D eigenvalue weighted by atomic mass is 10.1. The van der Waals surface area contributed by atoms with E-state index in [0.29, 0.717) is 5.22 Å². The van der Waals surface area contributed by atoms with Gasteiger partial charge in [0.1, 0.15) is 5.69 Å². The summed E-state index contributed by atoms with van der Waals surface area (Å²) in [5, 5.41) is 4.18. The quantitative estimate of drug-likeness (QED) is 0.714. The minimum atomic E-state index is 0.319. The molecule has 0 fully saturated rings. The van der Waals surface area contributed by atoms with E-state index in [9.17, 15) is 0 Å². The van der Waals surface area contributed by atoms with Crippen molar-refractivity contribution in [2.24, 2.45) is 0 Å². The Morgan fingerprint density at radius 1 is 1.07 bits per heavy atom. The molecule has 2 rings (SSSR count). The van der Waals surface area contributed by atoms with Gasteiger partial charge < -0.3 is 4.52 Å². The van der Waals surface area contributed by atoms with Crippen LogP contribution in [0.3, 0.4) is 0 Å². The maximum atomic E-state index is 5.66. The van der Waals surface area contributed by atoms with Crippen molar-refractivity contribution in [2.75, 3.05) is 0 Å². The lowest BCUT2D eigenvalue weighted by Crippen LogP contribution is -1.82. The van der Waals surface area contributed by atoms with Gasteiger partial charge in [0, 0.05) is 11.6 Å². The molecule has 72 valence electrons. The van der Waals surface area contributed by atoms with Crippen molar-refractivity contribution in [3.8, 4) is 11.3 Å². The summed E-state index contributed by atoms with van der Waals surface area (Å²) in [4.78, 5) is 0. The summed E-state index contributed by atoms with van der Waals surface area (Å²) < 4.78 is 4.81. The molecule has 2 aromatic rings. The van der Waals surface area contributed by atoms with Gasteiger partial charge in [-0.1, -0.05) is 22.3 Å². The van der Waals surface area contributed by atoms with Crippen molar-refractivity contribution in [1.29, 1.82) is 0 Å². The van der Waals surface area contributed by atoms with E-state index in [1.54, 1.807) is 6.07 Å². The van der Waals surface area contributed by atoms with Crippen LogP contribution in [0.2, 0.25) is 5.22 Å². The third-order valence-electron chi connectivity index (χ3n) is 2.00. The molecule has 0 bridgehead atoms. The Morgan fingerprint density at radius 2 is 1.71 bits per heavy atom. The predicted molar refractivity (Wildman–Crippen MR) is 56.4 cm³/mol. The van der Waals surface area contributed by atoms with Gasteiger partial charge in [-0.2, -0.15) is 0 Å². The Labute approximate surface area is 87.5 Å². The van der Waals surface area contributed by atoms with Gasteiger partial charge in [-0.15, -0.1) is 0 Å². The fourth-order valence-corrected chi connectivity index (χ4v) is 1.65. The molecule has 0 radical (unpaired) electrons. The molecule has 3 heteroatoms. The molecule has 14 heavy (non-hydrogen) atoms. The lowest BCUT2D eigenvalue weighted by Gasteiger charge is -2.00. The molecule has 0 atom stereocenters. The molecule has 0 aliphatic carbocycles. The minimum Gasteiger partial charge on any atom is -0.344 e. The monoisotopic (exact) mass is 207 g/mol. The number of aromatic nitrogens is 1. The first kappa shape index (κ1) is 9.28. The number of halogens is 1. The molecule has 0 N–H and O–H groups in total. The molecular formula is C11H10ClNO. The zero-order valence-corrected chi connectivity index (χ0v) is 8.80. The molecule has 0 aliphatic rings. The predicted octanol–water partition coefficient (Wildman–Crippen LogP) is 3.61. The first-order chi connectivity index (χ1) is 6.65. The maximum Gasteiger partial charge on any atom is 0.226 e. The number of hydrogen-bond acceptors (Lipinski definition) is 2. The van der Waals surface area contributed by atoms with E-state index in [4.69, 9.17) is 16.1 Å². The van der Waals surface area contributed by atoms with Crippen LogP contribution >= 0.6 is 11.6 Å². The van der Waals surface area contributed by atoms with Crippen LogP contribution in [0.25, 0.3) is 11.3 Å². The van der Waals surface area contributed by atoms with E-state index in [0.717, 1.165) is 11.3 Å². The average Bonchev–Trinajstić information content (AvgIpc) is 2.50. The minimum absolute atomic E-state index is 0.319. The van der Waals surface area contributed by atoms with Crippen molar-refractivity contribution >= 4 is 11.6 Å². The third-order valence-corrected chi connectivity index (χ3v) is 2.18. The fraction of sp³-hybridized carbons (Fsp3) is 0.182. The van der Waals surface area contributed by atoms with Crippen LogP contribution < -0.4 is 0 Å². The molecular weight excluding hydrogens is 198 g/mol. The van der Waals surface area contributed by atoms with Crippen LogP contribution in [0, 0.1) is 13.8 Å². The Bertz CT molecular complexity index is 442. The highest BCUT2D eigenvalue weighted by Gasteiger charge is 2.05. The number of rotatable bonds is 1. The van der Waals surface area contributed by atoms with Crippen molar-refractivity contribution < 1.29 is 4.52 Å².